The van der Waals surface area contributed by atoms with Crippen LogP contribution in [0.25, 0.3) is 11.0 Å². The van der Waals surface area contributed by atoms with Crippen molar-refractivity contribution in [2.45, 2.75) is 78.2 Å². The molecule has 6 rings (SSSR count). The summed E-state index contributed by atoms with van der Waals surface area (Å²) < 4.78 is 7.67. The van der Waals surface area contributed by atoms with Gasteiger partial charge < -0.3 is 4.74 Å². The second-order valence-corrected chi connectivity index (χ2v) is 13.1. The van der Waals surface area contributed by atoms with Gasteiger partial charge in [0.15, 0.2) is 5.78 Å². The molecule has 35 heavy (non-hydrogen) atoms. The number of carbonyl (C=O) groups is 1. The molecule has 0 radical (unpaired) electrons. The number of aromatic nitrogens is 3. The normalized spacial score (nSPS) is 40.8. The zero-order chi connectivity index (χ0) is 24.4. The summed E-state index contributed by atoms with van der Waals surface area (Å²) in [5.41, 5.74) is 1.99. The average Bonchev–Trinajstić information content (AvgIpc) is 3.41. The van der Waals surface area contributed by atoms with Gasteiger partial charge in [0.05, 0.1) is 11.6 Å². The fourth-order valence-electron chi connectivity index (χ4n) is 9.70. The fraction of sp³-hybridized carbons (Fsp3) is 0.759. The maximum atomic E-state index is 13.8. The third-order valence-electron chi connectivity index (χ3n) is 11.2. The monoisotopic (exact) mass is 497 g/mol. The van der Waals surface area contributed by atoms with E-state index in [1.165, 1.54) is 51.4 Å². The number of hydrogen-bond donors (Lipinski definition) is 0. The van der Waals surface area contributed by atoms with Crippen molar-refractivity contribution in [2.75, 3.05) is 13.7 Å². The third-order valence-corrected chi connectivity index (χ3v) is 11.5. The van der Waals surface area contributed by atoms with E-state index in [0.29, 0.717) is 22.1 Å². The summed E-state index contributed by atoms with van der Waals surface area (Å²) in [6.07, 6.45) is 11.4. The Kier molecular flexibility index (Phi) is 6.03. The third kappa shape index (κ3) is 3.62. The molecule has 0 saturated heterocycles. The minimum atomic E-state index is 0.0987. The number of benzene rings is 1. The van der Waals surface area contributed by atoms with E-state index in [-0.39, 0.29) is 17.9 Å². The molecular formula is C29H40ClN3O2. The Labute approximate surface area is 214 Å². The minimum Gasteiger partial charge on any atom is -0.384 e. The molecule has 0 bridgehead atoms. The molecule has 4 aliphatic rings. The number of Topliss-reactive ketones (excluding diaryl/α,β-unsaturated/α-hetero) is 1. The SMILES string of the molecule is COC[C@]12CC[C@H](C)C[C@@H]1CC[C@H]1[C@@H]3CC[C@H](C(=O)Cn4nnc5cccc(Cl)c54)[C@@]3(C)CC[C@@H]12. The Morgan fingerprint density at radius 3 is 2.83 bits per heavy atom. The Balaban J connectivity index is 1.24. The van der Waals surface area contributed by atoms with Crippen LogP contribution in [-0.4, -0.2) is 34.5 Å². The summed E-state index contributed by atoms with van der Waals surface area (Å²) in [4.78, 5) is 13.8. The van der Waals surface area contributed by atoms with Crippen LogP contribution >= 0.6 is 11.6 Å². The molecule has 6 heteroatoms. The molecule has 2 aromatic rings. The van der Waals surface area contributed by atoms with Gasteiger partial charge in [-0.05, 0) is 104 Å². The predicted molar refractivity (Wildman–Crippen MR) is 138 cm³/mol. The van der Waals surface area contributed by atoms with Gasteiger partial charge in [0.2, 0.25) is 0 Å². The van der Waals surface area contributed by atoms with Crippen molar-refractivity contribution in [1.29, 1.82) is 0 Å². The molecule has 4 saturated carbocycles. The smallest absolute Gasteiger partial charge is 0.157 e. The molecule has 8 atom stereocenters. The molecule has 0 spiro atoms. The van der Waals surface area contributed by atoms with Gasteiger partial charge in [-0.2, -0.15) is 0 Å². The highest BCUT2D eigenvalue weighted by Gasteiger charge is 2.62. The number of rotatable bonds is 5. The lowest BCUT2D eigenvalue weighted by atomic mass is 9.44. The summed E-state index contributed by atoms with van der Waals surface area (Å²) in [7, 11) is 1.91. The first-order chi connectivity index (χ1) is 16.9. The number of para-hydroxylation sites is 1. The van der Waals surface area contributed by atoms with E-state index in [1.807, 2.05) is 25.3 Å². The number of carbonyl (C=O) groups excluding carboxylic acids is 1. The van der Waals surface area contributed by atoms with Gasteiger partial charge in [0.1, 0.15) is 17.6 Å². The number of halogens is 1. The molecule has 0 aliphatic heterocycles. The molecule has 0 amide bonds. The van der Waals surface area contributed by atoms with Crippen LogP contribution in [0.5, 0.6) is 0 Å². The van der Waals surface area contributed by atoms with Crippen molar-refractivity contribution < 1.29 is 9.53 Å². The molecule has 0 unspecified atom stereocenters. The van der Waals surface area contributed by atoms with E-state index in [0.717, 1.165) is 47.7 Å². The highest BCUT2D eigenvalue weighted by atomic mass is 35.5. The van der Waals surface area contributed by atoms with Gasteiger partial charge in [0.25, 0.3) is 0 Å². The van der Waals surface area contributed by atoms with Crippen molar-refractivity contribution in [2.24, 2.45) is 46.3 Å². The average molecular weight is 498 g/mol. The largest absolute Gasteiger partial charge is 0.384 e. The van der Waals surface area contributed by atoms with Gasteiger partial charge in [-0.1, -0.05) is 43.1 Å². The molecule has 190 valence electrons. The molecule has 5 nitrogen and oxygen atoms in total. The number of hydrogen-bond acceptors (Lipinski definition) is 4. The predicted octanol–water partition coefficient (Wildman–Crippen LogP) is 6.58. The first kappa shape index (κ1) is 23.9. The van der Waals surface area contributed by atoms with Crippen molar-refractivity contribution in [3.05, 3.63) is 23.2 Å². The lowest BCUT2D eigenvalue weighted by Gasteiger charge is -2.61. The van der Waals surface area contributed by atoms with Gasteiger partial charge in [0, 0.05) is 13.0 Å². The summed E-state index contributed by atoms with van der Waals surface area (Å²) in [6.45, 7) is 6.08. The Bertz CT molecular complexity index is 1120. The zero-order valence-electron chi connectivity index (χ0n) is 21.5. The van der Waals surface area contributed by atoms with E-state index >= 15 is 0 Å². The molecule has 1 heterocycles. The van der Waals surface area contributed by atoms with Crippen LogP contribution in [0.4, 0.5) is 0 Å². The van der Waals surface area contributed by atoms with Crippen LogP contribution in [-0.2, 0) is 16.1 Å². The minimum absolute atomic E-state index is 0.0987. The van der Waals surface area contributed by atoms with E-state index in [4.69, 9.17) is 16.3 Å². The number of ether oxygens (including phenoxy) is 1. The zero-order valence-corrected chi connectivity index (χ0v) is 22.3. The lowest BCUT2D eigenvalue weighted by molar-refractivity contribution is -0.154. The molecule has 1 aromatic heterocycles. The quantitative estimate of drug-likeness (QED) is 0.468. The van der Waals surface area contributed by atoms with Crippen molar-refractivity contribution >= 4 is 28.4 Å². The maximum absolute atomic E-state index is 13.8. The van der Waals surface area contributed by atoms with Crippen LogP contribution in [0.1, 0.15) is 71.6 Å². The lowest BCUT2D eigenvalue weighted by Crippen LogP contribution is -2.56. The first-order valence-electron chi connectivity index (χ1n) is 13.9. The Morgan fingerprint density at radius 1 is 1.14 bits per heavy atom. The van der Waals surface area contributed by atoms with E-state index in [2.05, 4.69) is 24.2 Å². The number of methoxy groups -OCH3 is 1. The van der Waals surface area contributed by atoms with Crippen LogP contribution in [0.2, 0.25) is 5.02 Å². The topological polar surface area (TPSA) is 57.0 Å². The fourth-order valence-corrected chi connectivity index (χ4v) is 9.97. The summed E-state index contributed by atoms with van der Waals surface area (Å²) in [6, 6.07) is 5.63. The second-order valence-electron chi connectivity index (χ2n) is 12.7. The van der Waals surface area contributed by atoms with Crippen molar-refractivity contribution in [3.63, 3.8) is 0 Å². The van der Waals surface area contributed by atoms with Crippen molar-refractivity contribution in [3.8, 4) is 0 Å². The van der Waals surface area contributed by atoms with Gasteiger partial charge in [-0.25, -0.2) is 4.68 Å². The van der Waals surface area contributed by atoms with Crippen LogP contribution in [0, 0.1) is 46.3 Å². The highest BCUT2D eigenvalue weighted by molar-refractivity contribution is 6.34. The summed E-state index contributed by atoms with van der Waals surface area (Å²) in [5.74, 6) is 4.25. The summed E-state index contributed by atoms with van der Waals surface area (Å²) in [5, 5.41) is 9.14. The molecular weight excluding hydrogens is 458 g/mol. The van der Waals surface area contributed by atoms with Crippen LogP contribution < -0.4 is 0 Å². The van der Waals surface area contributed by atoms with E-state index in [9.17, 15) is 4.79 Å². The Hall–Kier alpha value is -1.46. The molecule has 1 aromatic carbocycles. The second kappa shape index (κ2) is 8.83. The standard InChI is InChI=1S/C29H40ClN3O2/c1-18-11-14-29(17-35-3)19(15-18)7-8-20-21-9-10-23(28(21,2)13-12-22(20)29)26(34)16-33-27-24(30)5-4-6-25(27)31-32-33/h4-6,18-23H,7-17H2,1-3H3/t18-,19-,20-,21-,22-,23+,28-,29+/m0/s1. The van der Waals surface area contributed by atoms with Crippen LogP contribution in [0.3, 0.4) is 0 Å². The molecule has 4 fully saturated rings. The van der Waals surface area contributed by atoms with Gasteiger partial charge >= 0.3 is 0 Å². The number of fused-ring (bicyclic) bond motifs is 6. The van der Waals surface area contributed by atoms with Crippen LogP contribution in [0.15, 0.2) is 18.2 Å². The van der Waals surface area contributed by atoms with Gasteiger partial charge in [-0.3, -0.25) is 4.79 Å². The highest BCUT2D eigenvalue weighted by Crippen LogP contribution is 2.68. The number of nitrogens with zero attached hydrogens (tertiary/aromatic N) is 3. The first-order valence-corrected chi connectivity index (χ1v) is 14.2. The number of ketones is 1. The van der Waals surface area contributed by atoms with E-state index in [1.54, 1.807) is 4.68 Å². The summed E-state index contributed by atoms with van der Waals surface area (Å²) >= 11 is 6.44. The molecule has 4 aliphatic carbocycles. The van der Waals surface area contributed by atoms with Gasteiger partial charge in [-0.15, -0.1) is 5.10 Å². The van der Waals surface area contributed by atoms with Crippen molar-refractivity contribution in [1.82, 2.24) is 15.0 Å². The maximum Gasteiger partial charge on any atom is 0.157 e. The molecule has 0 N–H and O–H groups in total. The van der Waals surface area contributed by atoms with E-state index < -0.39 is 0 Å². The Morgan fingerprint density at radius 2 is 2.00 bits per heavy atom.